The van der Waals surface area contributed by atoms with Crippen LogP contribution in [0.4, 0.5) is 0 Å². The number of aromatic nitrogens is 1. The number of para-hydroxylation sites is 1. The zero-order valence-corrected chi connectivity index (χ0v) is 11.0. The van der Waals surface area contributed by atoms with Gasteiger partial charge < -0.3 is 0 Å². The van der Waals surface area contributed by atoms with Crippen molar-refractivity contribution in [2.45, 2.75) is 0 Å². The van der Waals surface area contributed by atoms with Gasteiger partial charge >= 0.3 is 0 Å². The zero-order valence-electron chi connectivity index (χ0n) is 9.37. The van der Waals surface area contributed by atoms with Crippen LogP contribution >= 0.6 is 22.7 Å². The van der Waals surface area contributed by atoms with E-state index in [4.69, 9.17) is 0 Å². The minimum absolute atomic E-state index is 0.749. The highest BCUT2D eigenvalue weighted by atomic mass is 32.1. The van der Waals surface area contributed by atoms with E-state index in [2.05, 4.69) is 11.1 Å². The number of thiophene rings is 1. The van der Waals surface area contributed by atoms with E-state index in [0.29, 0.717) is 0 Å². The lowest BCUT2D eigenvalue weighted by atomic mass is 10.3. The largest absolute Gasteiger partial charge is 0.297 e. The Labute approximate surface area is 112 Å². The average molecular weight is 271 g/mol. The van der Waals surface area contributed by atoms with E-state index in [0.717, 1.165) is 26.6 Å². The van der Waals surface area contributed by atoms with Gasteiger partial charge in [0.15, 0.2) is 6.29 Å². The van der Waals surface area contributed by atoms with Crippen molar-refractivity contribution < 1.29 is 4.79 Å². The molecule has 0 aliphatic heterocycles. The Morgan fingerprint density at radius 2 is 1.78 bits per heavy atom. The Morgan fingerprint density at radius 1 is 0.944 bits per heavy atom. The normalized spacial score (nSPS) is 11.3. The van der Waals surface area contributed by atoms with Crippen LogP contribution in [0.15, 0.2) is 36.4 Å². The SMILES string of the molecule is O=Cc1ccc(C=Cc2nc3ccccc3s2)s1. The Morgan fingerprint density at radius 3 is 2.56 bits per heavy atom. The van der Waals surface area contributed by atoms with Crippen LogP contribution < -0.4 is 0 Å². The summed E-state index contributed by atoms with van der Waals surface area (Å²) < 4.78 is 1.19. The highest BCUT2D eigenvalue weighted by Gasteiger charge is 2.00. The highest BCUT2D eigenvalue weighted by molar-refractivity contribution is 7.19. The molecule has 3 rings (SSSR count). The van der Waals surface area contributed by atoms with E-state index in [-0.39, 0.29) is 0 Å². The second-order valence-corrected chi connectivity index (χ2v) is 5.92. The van der Waals surface area contributed by atoms with Crippen LogP contribution in [0, 0.1) is 0 Å². The molecule has 0 spiro atoms. The van der Waals surface area contributed by atoms with Crippen LogP contribution in [-0.2, 0) is 0 Å². The summed E-state index contributed by atoms with van der Waals surface area (Å²) in [6, 6.07) is 11.9. The van der Waals surface area contributed by atoms with Gasteiger partial charge in [0.05, 0.1) is 15.1 Å². The van der Waals surface area contributed by atoms with Gasteiger partial charge in [0, 0.05) is 4.88 Å². The highest BCUT2D eigenvalue weighted by Crippen LogP contribution is 2.24. The van der Waals surface area contributed by atoms with Gasteiger partial charge in [-0.25, -0.2) is 4.98 Å². The fourth-order valence-electron chi connectivity index (χ4n) is 1.64. The number of hydrogen-bond donors (Lipinski definition) is 0. The Balaban J connectivity index is 1.89. The number of fused-ring (bicyclic) bond motifs is 1. The molecule has 0 N–H and O–H groups in total. The maximum atomic E-state index is 10.6. The molecule has 88 valence electrons. The van der Waals surface area contributed by atoms with Crippen LogP contribution in [0.25, 0.3) is 22.4 Å². The zero-order chi connectivity index (χ0) is 12.4. The van der Waals surface area contributed by atoms with Crippen molar-refractivity contribution >= 4 is 51.3 Å². The molecule has 0 aliphatic carbocycles. The van der Waals surface area contributed by atoms with Gasteiger partial charge in [-0.2, -0.15) is 0 Å². The number of carbonyl (C=O) groups excluding carboxylic acids is 1. The molecule has 0 atom stereocenters. The Hall–Kier alpha value is -1.78. The van der Waals surface area contributed by atoms with Crippen molar-refractivity contribution in [3.63, 3.8) is 0 Å². The van der Waals surface area contributed by atoms with Gasteiger partial charge in [-0.05, 0) is 36.4 Å². The number of hydrogen-bond acceptors (Lipinski definition) is 4. The standard InChI is InChI=1S/C14H9NOS2/c16-9-11-6-5-10(17-11)7-8-14-15-12-3-1-2-4-13(12)18-14/h1-9H. The van der Waals surface area contributed by atoms with Crippen molar-refractivity contribution in [3.8, 4) is 0 Å². The van der Waals surface area contributed by atoms with E-state index >= 15 is 0 Å². The molecule has 0 fully saturated rings. The Bertz CT molecular complexity index is 691. The van der Waals surface area contributed by atoms with Gasteiger partial charge in [0.2, 0.25) is 0 Å². The summed E-state index contributed by atoms with van der Waals surface area (Å²) in [5.74, 6) is 0. The number of carbonyl (C=O) groups is 1. The van der Waals surface area contributed by atoms with Crippen molar-refractivity contribution in [2.24, 2.45) is 0 Å². The van der Waals surface area contributed by atoms with Crippen LogP contribution in [0.5, 0.6) is 0 Å². The van der Waals surface area contributed by atoms with Crippen LogP contribution in [0.3, 0.4) is 0 Å². The molecule has 2 heterocycles. The van der Waals surface area contributed by atoms with Gasteiger partial charge in [-0.15, -0.1) is 22.7 Å². The summed E-state index contributed by atoms with van der Waals surface area (Å²) in [7, 11) is 0. The van der Waals surface area contributed by atoms with Crippen LogP contribution in [-0.4, -0.2) is 11.3 Å². The lowest BCUT2D eigenvalue weighted by Gasteiger charge is -1.82. The first kappa shape index (κ1) is 11.3. The van der Waals surface area contributed by atoms with E-state index in [9.17, 15) is 4.79 Å². The van der Waals surface area contributed by atoms with E-state index in [1.54, 1.807) is 11.3 Å². The molecule has 0 aliphatic rings. The Kier molecular flexibility index (Phi) is 3.04. The molecule has 0 saturated heterocycles. The molecule has 4 heteroatoms. The third-order valence-electron chi connectivity index (χ3n) is 2.46. The number of thiazole rings is 1. The molecule has 0 radical (unpaired) electrons. The quantitative estimate of drug-likeness (QED) is 0.663. The molecule has 3 aromatic rings. The first-order valence-corrected chi connectivity index (χ1v) is 7.07. The first-order valence-electron chi connectivity index (χ1n) is 5.44. The predicted molar refractivity (Wildman–Crippen MR) is 78.3 cm³/mol. The van der Waals surface area contributed by atoms with Crippen LogP contribution in [0.1, 0.15) is 19.6 Å². The third kappa shape index (κ3) is 2.25. The van der Waals surface area contributed by atoms with Crippen molar-refractivity contribution in [2.75, 3.05) is 0 Å². The molecule has 2 aromatic heterocycles. The summed E-state index contributed by atoms with van der Waals surface area (Å²) in [6.07, 6.45) is 4.86. The molecule has 0 bridgehead atoms. The van der Waals surface area contributed by atoms with E-state index in [1.165, 1.54) is 16.0 Å². The summed E-state index contributed by atoms with van der Waals surface area (Å²) >= 11 is 3.15. The van der Waals surface area contributed by atoms with Gasteiger partial charge in [-0.3, -0.25) is 4.79 Å². The van der Waals surface area contributed by atoms with E-state index < -0.39 is 0 Å². The molecule has 1 aromatic carbocycles. The van der Waals surface area contributed by atoms with Crippen molar-refractivity contribution in [1.29, 1.82) is 0 Å². The maximum Gasteiger partial charge on any atom is 0.160 e. The van der Waals surface area contributed by atoms with Gasteiger partial charge in [-0.1, -0.05) is 12.1 Å². The summed E-state index contributed by atoms with van der Waals surface area (Å²) in [6.45, 7) is 0. The van der Waals surface area contributed by atoms with E-state index in [1.807, 2.05) is 42.5 Å². The molecule has 18 heavy (non-hydrogen) atoms. The molecular weight excluding hydrogens is 262 g/mol. The third-order valence-corrected chi connectivity index (χ3v) is 4.44. The number of rotatable bonds is 3. The lowest BCUT2D eigenvalue weighted by molar-refractivity contribution is 0.112. The summed E-state index contributed by atoms with van der Waals surface area (Å²) in [5, 5.41) is 0.984. The van der Waals surface area contributed by atoms with Gasteiger partial charge in [0.25, 0.3) is 0 Å². The molecule has 0 saturated carbocycles. The monoisotopic (exact) mass is 271 g/mol. The first-order chi connectivity index (χ1) is 8.85. The second kappa shape index (κ2) is 4.84. The minimum atomic E-state index is 0.749. The number of nitrogens with zero attached hydrogens (tertiary/aromatic N) is 1. The molecular formula is C14H9NOS2. The second-order valence-electron chi connectivity index (χ2n) is 3.71. The summed E-state index contributed by atoms with van der Waals surface area (Å²) in [4.78, 5) is 16.9. The average Bonchev–Trinajstić information content (AvgIpc) is 3.02. The van der Waals surface area contributed by atoms with Gasteiger partial charge in [0.1, 0.15) is 5.01 Å². The smallest absolute Gasteiger partial charge is 0.160 e. The number of aldehydes is 1. The molecule has 0 amide bonds. The molecule has 2 nitrogen and oxygen atoms in total. The summed E-state index contributed by atoms with van der Waals surface area (Å²) in [5.41, 5.74) is 1.03. The fraction of sp³-hybridized carbons (Fsp3) is 0. The maximum absolute atomic E-state index is 10.6. The fourth-order valence-corrected chi connectivity index (χ4v) is 3.23. The van der Waals surface area contributed by atoms with Crippen molar-refractivity contribution in [1.82, 2.24) is 4.98 Å². The van der Waals surface area contributed by atoms with Crippen LogP contribution in [0.2, 0.25) is 0 Å². The predicted octanol–water partition coefficient (Wildman–Crippen LogP) is 4.34. The topological polar surface area (TPSA) is 30.0 Å². The molecule has 0 unspecified atom stereocenters. The van der Waals surface area contributed by atoms with Crippen molar-refractivity contribution in [3.05, 3.63) is 51.2 Å². The number of benzene rings is 1. The lowest BCUT2D eigenvalue weighted by Crippen LogP contribution is -1.67. The minimum Gasteiger partial charge on any atom is -0.297 e.